The molecule has 1 aliphatic carbocycles. The Labute approximate surface area is 62.8 Å². The van der Waals surface area contributed by atoms with Crippen molar-refractivity contribution in [2.24, 2.45) is 0 Å². The van der Waals surface area contributed by atoms with Crippen molar-refractivity contribution in [2.45, 2.75) is 57.5 Å². The van der Waals surface area contributed by atoms with Crippen molar-refractivity contribution in [1.29, 1.82) is 0 Å². The molecule has 1 fully saturated rings. The molecule has 0 saturated heterocycles. The van der Waals surface area contributed by atoms with E-state index in [2.05, 4.69) is 0 Å². The molecule has 0 heterocycles. The van der Waals surface area contributed by atoms with Crippen LogP contribution in [0.25, 0.3) is 0 Å². The maximum atomic E-state index is 13.3. The fourth-order valence-electron chi connectivity index (χ4n) is 1.64. The van der Waals surface area contributed by atoms with Gasteiger partial charge in [0.15, 0.2) is 0 Å². The highest BCUT2D eigenvalue weighted by Crippen LogP contribution is 2.28. The Morgan fingerprint density at radius 1 is 0.900 bits per heavy atom. The van der Waals surface area contributed by atoms with Crippen LogP contribution in [0.1, 0.15) is 51.9 Å². The third kappa shape index (κ3) is 2.68. The van der Waals surface area contributed by atoms with E-state index in [1.54, 1.807) is 6.92 Å². The second-order valence-electron chi connectivity index (χ2n) is 3.68. The molecule has 60 valence electrons. The number of hydrogen-bond acceptors (Lipinski definition) is 0. The molecule has 0 aromatic carbocycles. The maximum absolute atomic E-state index is 13.3. The summed E-state index contributed by atoms with van der Waals surface area (Å²) in [6, 6.07) is 0. The molecule has 1 heteroatoms. The summed E-state index contributed by atoms with van der Waals surface area (Å²) in [6.45, 7) is 1.75. The third-order valence-corrected chi connectivity index (χ3v) is 2.40. The van der Waals surface area contributed by atoms with Crippen molar-refractivity contribution >= 4 is 0 Å². The molecular formula is C9H17F. The fraction of sp³-hybridized carbons (Fsp3) is 1.00. The Hall–Kier alpha value is -0.0700. The number of alkyl halides is 1. The van der Waals surface area contributed by atoms with E-state index in [0.717, 1.165) is 25.7 Å². The van der Waals surface area contributed by atoms with Crippen molar-refractivity contribution in [2.75, 3.05) is 0 Å². The number of rotatable bonds is 0. The third-order valence-electron chi connectivity index (χ3n) is 2.40. The largest absolute Gasteiger partial charge is 0.244 e. The van der Waals surface area contributed by atoms with Crippen LogP contribution in [0.15, 0.2) is 0 Å². The SMILES string of the molecule is CC1(F)CCCCCCC1. The van der Waals surface area contributed by atoms with Crippen LogP contribution in [-0.2, 0) is 0 Å². The normalized spacial score (nSPS) is 27.0. The molecule has 10 heavy (non-hydrogen) atoms. The van der Waals surface area contributed by atoms with Gasteiger partial charge in [0.1, 0.15) is 5.67 Å². The lowest BCUT2D eigenvalue weighted by Gasteiger charge is -2.22. The second kappa shape index (κ2) is 3.36. The zero-order valence-electron chi connectivity index (χ0n) is 6.83. The molecule has 0 aliphatic heterocycles. The highest BCUT2D eigenvalue weighted by Gasteiger charge is 2.22. The Balaban J connectivity index is 2.30. The van der Waals surface area contributed by atoms with Crippen molar-refractivity contribution in [1.82, 2.24) is 0 Å². The van der Waals surface area contributed by atoms with Crippen LogP contribution in [0.3, 0.4) is 0 Å². The summed E-state index contributed by atoms with van der Waals surface area (Å²) in [5, 5.41) is 0. The minimum atomic E-state index is -0.847. The average molecular weight is 144 g/mol. The molecule has 0 N–H and O–H groups in total. The van der Waals surface area contributed by atoms with Gasteiger partial charge in [0.25, 0.3) is 0 Å². The molecule has 0 atom stereocenters. The highest BCUT2D eigenvalue weighted by molar-refractivity contribution is 4.74. The van der Waals surface area contributed by atoms with Gasteiger partial charge in [0.2, 0.25) is 0 Å². The molecule has 0 aromatic rings. The van der Waals surface area contributed by atoms with Gasteiger partial charge in [-0.2, -0.15) is 0 Å². The fourth-order valence-corrected chi connectivity index (χ4v) is 1.64. The summed E-state index contributed by atoms with van der Waals surface area (Å²) in [7, 11) is 0. The summed E-state index contributed by atoms with van der Waals surface area (Å²) in [5.74, 6) is 0. The van der Waals surface area contributed by atoms with Gasteiger partial charge in [-0.1, -0.05) is 32.1 Å². The Morgan fingerprint density at radius 2 is 1.30 bits per heavy atom. The lowest BCUT2D eigenvalue weighted by atomic mass is 9.90. The zero-order chi connectivity index (χ0) is 7.45. The van der Waals surface area contributed by atoms with Crippen molar-refractivity contribution in [3.63, 3.8) is 0 Å². The summed E-state index contributed by atoms with van der Waals surface area (Å²) < 4.78 is 13.3. The first-order valence-corrected chi connectivity index (χ1v) is 4.40. The molecule has 0 nitrogen and oxygen atoms in total. The van der Waals surface area contributed by atoms with Crippen LogP contribution in [0, 0.1) is 0 Å². The predicted molar refractivity (Wildman–Crippen MR) is 41.8 cm³/mol. The van der Waals surface area contributed by atoms with E-state index in [1.165, 1.54) is 19.3 Å². The minimum Gasteiger partial charge on any atom is -0.244 e. The van der Waals surface area contributed by atoms with E-state index in [9.17, 15) is 4.39 Å². The standard InChI is InChI=1S/C9H17F/c1-9(10)7-5-3-2-4-6-8-9/h2-8H2,1H3. The lowest BCUT2D eigenvalue weighted by molar-refractivity contribution is 0.144. The van der Waals surface area contributed by atoms with E-state index in [1.807, 2.05) is 0 Å². The maximum Gasteiger partial charge on any atom is 0.108 e. The minimum absolute atomic E-state index is 0.785. The van der Waals surface area contributed by atoms with Crippen molar-refractivity contribution in [3.8, 4) is 0 Å². The Kier molecular flexibility index (Phi) is 2.70. The Bertz CT molecular complexity index is 86.9. The Morgan fingerprint density at radius 3 is 1.80 bits per heavy atom. The summed E-state index contributed by atoms with van der Waals surface area (Å²) >= 11 is 0. The number of halogens is 1. The lowest BCUT2D eigenvalue weighted by Crippen LogP contribution is -2.18. The summed E-state index contributed by atoms with van der Waals surface area (Å²) in [5.41, 5.74) is -0.847. The van der Waals surface area contributed by atoms with Gasteiger partial charge in [0.05, 0.1) is 0 Å². The molecule has 1 aliphatic rings. The van der Waals surface area contributed by atoms with Crippen LogP contribution < -0.4 is 0 Å². The van der Waals surface area contributed by atoms with Crippen LogP contribution in [0.2, 0.25) is 0 Å². The first-order valence-electron chi connectivity index (χ1n) is 4.40. The van der Waals surface area contributed by atoms with Crippen LogP contribution in [0.5, 0.6) is 0 Å². The van der Waals surface area contributed by atoms with E-state index in [0.29, 0.717) is 0 Å². The molecule has 1 rings (SSSR count). The number of hydrogen-bond donors (Lipinski definition) is 0. The van der Waals surface area contributed by atoms with E-state index in [4.69, 9.17) is 0 Å². The van der Waals surface area contributed by atoms with Gasteiger partial charge in [-0.05, 0) is 19.8 Å². The molecule has 0 unspecified atom stereocenters. The predicted octanol–water partition coefficient (Wildman–Crippen LogP) is 3.46. The molecule has 0 bridgehead atoms. The van der Waals surface area contributed by atoms with Gasteiger partial charge in [-0.3, -0.25) is 0 Å². The van der Waals surface area contributed by atoms with Crippen LogP contribution in [-0.4, -0.2) is 5.67 Å². The van der Waals surface area contributed by atoms with Crippen LogP contribution >= 0.6 is 0 Å². The molecule has 1 saturated carbocycles. The summed E-state index contributed by atoms with van der Waals surface area (Å²) in [4.78, 5) is 0. The van der Waals surface area contributed by atoms with Gasteiger partial charge in [0, 0.05) is 0 Å². The molecule has 0 amide bonds. The first kappa shape index (κ1) is 8.03. The van der Waals surface area contributed by atoms with E-state index < -0.39 is 5.67 Å². The molecule has 0 radical (unpaired) electrons. The van der Waals surface area contributed by atoms with Crippen molar-refractivity contribution < 1.29 is 4.39 Å². The van der Waals surface area contributed by atoms with E-state index in [-0.39, 0.29) is 0 Å². The first-order chi connectivity index (χ1) is 4.71. The van der Waals surface area contributed by atoms with Gasteiger partial charge < -0.3 is 0 Å². The quantitative estimate of drug-likeness (QED) is 0.488. The topological polar surface area (TPSA) is 0 Å². The molecule has 0 aromatic heterocycles. The second-order valence-corrected chi connectivity index (χ2v) is 3.68. The van der Waals surface area contributed by atoms with E-state index >= 15 is 0 Å². The zero-order valence-corrected chi connectivity index (χ0v) is 6.83. The molecule has 0 spiro atoms. The van der Waals surface area contributed by atoms with Gasteiger partial charge >= 0.3 is 0 Å². The highest BCUT2D eigenvalue weighted by atomic mass is 19.1. The van der Waals surface area contributed by atoms with Crippen molar-refractivity contribution in [3.05, 3.63) is 0 Å². The molecular weight excluding hydrogens is 127 g/mol. The van der Waals surface area contributed by atoms with Gasteiger partial charge in [-0.25, -0.2) is 4.39 Å². The summed E-state index contributed by atoms with van der Waals surface area (Å²) in [6.07, 6.45) is 7.54. The van der Waals surface area contributed by atoms with Crippen LogP contribution in [0.4, 0.5) is 4.39 Å². The van der Waals surface area contributed by atoms with Gasteiger partial charge in [-0.15, -0.1) is 0 Å². The average Bonchev–Trinajstić information content (AvgIpc) is 1.81. The monoisotopic (exact) mass is 144 g/mol. The smallest absolute Gasteiger partial charge is 0.108 e.